The summed E-state index contributed by atoms with van der Waals surface area (Å²) in [7, 11) is 5.14. The van der Waals surface area contributed by atoms with Crippen LogP contribution >= 0.6 is 0 Å². The summed E-state index contributed by atoms with van der Waals surface area (Å²) in [5.41, 5.74) is 3.17. The summed E-state index contributed by atoms with van der Waals surface area (Å²) in [6.45, 7) is 5.04. The van der Waals surface area contributed by atoms with Gasteiger partial charge in [0.25, 0.3) is 11.8 Å². The number of imide groups is 1. The summed E-state index contributed by atoms with van der Waals surface area (Å²) in [5, 5.41) is 0. The highest BCUT2D eigenvalue weighted by atomic mass is 16.5. The van der Waals surface area contributed by atoms with Gasteiger partial charge in [-0.3, -0.25) is 9.59 Å². The molecule has 31 heavy (non-hydrogen) atoms. The second-order valence-electron chi connectivity index (χ2n) is 7.90. The van der Waals surface area contributed by atoms with E-state index in [9.17, 15) is 9.59 Å². The number of nitrogens with zero attached hydrogens (tertiary/aromatic N) is 3. The fraction of sp³-hybridized carbons (Fsp3) is 0.333. The molecule has 7 heteroatoms. The van der Waals surface area contributed by atoms with E-state index in [0.717, 1.165) is 24.2 Å². The molecule has 0 unspecified atom stereocenters. The van der Waals surface area contributed by atoms with Gasteiger partial charge >= 0.3 is 0 Å². The Kier molecular flexibility index (Phi) is 5.69. The molecule has 4 rings (SSSR count). The predicted molar refractivity (Wildman–Crippen MR) is 119 cm³/mol. The highest BCUT2D eigenvalue weighted by Gasteiger charge is 2.43. The maximum Gasteiger partial charge on any atom is 0.282 e. The number of ether oxygens (including phenoxy) is 2. The molecule has 2 aromatic rings. The van der Waals surface area contributed by atoms with Crippen molar-refractivity contribution >= 4 is 23.1 Å². The largest absolute Gasteiger partial charge is 0.497 e. The molecule has 0 atom stereocenters. The number of amides is 2. The third kappa shape index (κ3) is 3.88. The van der Waals surface area contributed by atoms with Gasteiger partial charge in [-0.15, -0.1) is 0 Å². The van der Waals surface area contributed by atoms with Crippen LogP contribution < -0.4 is 14.4 Å². The van der Waals surface area contributed by atoms with Crippen molar-refractivity contribution in [3.63, 3.8) is 0 Å². The Morgan fingerprint density at radius 3 is 1.94 bits per heavy atom. The molecule has 0 aromatic heterocycles. The quantitative estimate of drug-likeness (QED) is 0.692. The Balaban J connectivity index is 1.81. The monoisotopic (exact) mass is 421 g/mol. The first-order chi connectivity index (χ1) is 14.9. The number of carbonyl (C=O) groups excluding carboxylic acids is 2. The summed E-state index contributed by atoms with van der Waals surface area (Å²) >= 11 is 0. The van der Waals surface area contributed by atoms with Crippen molar-refractivity contribution in [2.24, 2.45) is 0 Å². The van der Waals surface area contributed by atoms with Gasteiger partial charge in [0.1, 0.15) is 17.2 Å². The van der Waals surface area contributed by atoms with E-state index in [4.69, 9.17) is 9.47 Å². The van der Waals surface area contributed by atoms with Gasteiger partial charge < -0.3 is 19.3 Å². The van der Waals surface area contributed by atoms with Crippen LogP contribution in [0.15, 0.2) is 48.2 Å². The van der Waals surface area contributed by atoms with E-state index in [0.29, 0.717) is 41.5 Å². The van der Waals surface area contributed by atoms with Crippen molar-refractivity contribution in [2.75, 3.05) is 52.3 Å². The van der Waals surface area contributed by atoms with Crippen molar-refractivity contribution in [1.29, 1.82) is 0 Å². The molecule has 0 aliphatic carbocycles. The minimum Gasteiger partial charge on any atom is -0.497 e. The third-order valence-corrected chi connectivity index (χ3v) is 5.81. The Bertz CT molecular complexity index is 1020. The van der Waals surface area contributed by atoms with Gasteiger partial charge in [-0.1, -0.05) is 29.8 Å². The summed E-state index contributed by atoms with van der Waals surface area (Å²) in [4.78, 5) is 32.8. The van der Waals surface area contributed by atoms with Crippen LogP contribution in [0.25, 0.3) is 5.57 Å². The minimum atomic E-state index is -0.335. The lowest BCUT2D eigenvalue weighted by molar-refractivity contribution is -0.120. The van der Waals surface area contributed by atoms with E-state index in [2.05, 4.69) is 11.9 Å². The number of hydrogen-bond donors (Lipinski definition) is 0. The predicted octanol–water partition coefficient (Wildman–Crippen LogP) is 2.54. The fourth-order valence-corrected chi connectivity index (χ4v) is 3.98. The molecule has 162 valence electrons. The number of aryl methyl sites for hydroxylation is 1. The van der Waals surface area contributed by atoms with Gasteiger partial charge in [-0.05, 0) is 19.5 Å². The van der Waals surface area contributed by atoms with Crippen molar-refractivity contribution in [3.05, 3.63) is 59.3 Å². The fourth-order valence-electron chi connectivity index (χ4n) is 3.98. The zero-order valence-corrected chi connectivity index (χ0v) is 18.3. The molecule has 2 aliphatic rings. The molecule has 1 fully saturated rings. The zero-order chi connectivity index (χ0) is 22.1. The van der Waals surface area contributed by atoms with Crippen LogP contribution in [-0.4, -0.2) is 69.1 Å². The molecular weight excluding hydrogens is 394 g/mol. The van der Waals surface area contributed by atoms with Crippen molar-refractivity contribution in [1.82, 2.24) is 9.80 Å². The number of anilines is 1. The summed E-state index contributed by atoms with van der Waals surface area (Å²) < 4.78 is 10.7. The van der Waals surface area contributed by atoms with Crippen LogP contribution in [0.1, 0.15) is 11.1 Å². The molecule has 2 heterocycles. The first-order valence-electron chi connectivity index (χ1n) is 10.3. The Morgan fingerprint density at radius 2 is 1.39 bits per heavy atom. The molecule has 0 saturated carbocycles. The molecule has 2 amide bonds. The molecule has 0 spiro atoms. The third-order valence-electron chi connectivity index (χ3n) is 5.81. The first kappa shape index (κ1) is 20.9. The smallest absolute Gasteiger partial charge is 0.282 e. The number of carbonyl (C=O) groups is 2. The van der Waals surface area contributed by atoms with Gasteiger partial charge in [0, 0.05) is 44.4 Å². The molecule has 2 aliphatic heterocycles. The second kappa shape index (κ2) is 8.43. The normalized spacial score (nSPS) is 17.5. The maximum atomic E-state index is 13.7. The lowest BCUT2D eigenvalue weighted by atomic mass is 10.0. The number of likely N-dealkylation sites (N-methyl/N-ethyl adjacent to an activating group) is 1. The van der Waals surface area contributed by atoms with E-state index in [1.807, 2.05) is 36.1 Å². The average Bonchev–Trinajstić information content (AvgIpc) is 3.04. The van der Waals surface area contributed by atoms with Crippen molar-refractivity contribution in [2.45, 2.75) is 6.92 Å². The van der Waals surface area contributed by atoms with Crippen LogP contribution in [0, 0.1) is 6.92 Å². The Hall–Kier alpha value is -3.32. The van der Waals surface area contributed by atoms with E-state index >= 15 is 0 Å². The number of methoxy groups -OCH3 is 2. The molecule has 1 saturated heterocycles. The van der Waals surface area contributed by atoms with Crippen molar-refractivity contribution in [3.8, 4) is 11.5 Å². The van der Waals surface area contributed by atoms with Crippen LogP contribution in [0.4, 0.5) is 5.69 Å². The van der Waals surface area contributed by atoms with E-state index < -0.39 is 0 Å². The first-order valence-corrected chi connectivity index (χ1v) is 10.3. The average molecular weight is 421 g/mol. The SMILES string of the molecule is COc1cc(OC)cc(N2C(=O)C(c3ccc(C)cc3)=C(N3CCN(C)CC3)C2=O)c1. The van der Waals surface area contributed by atoms with Gasteiger partial charge in [-0.25, -0.2) is 4.90 Å². The second-order valence-corrected chi connectivity index (χ2v) is 7.90. The number of benzene rings is 2. The molecular formula is C24H27N3O4. The van der Waals surface area contributed by atoms with Gasteiger partial charge in [0.15, 0.2) is 0 Å². The van der Waals surface area contributed by atoms with Crippen LogP contribution in [0.2, 0.25) is 0 Å². The lowest BCUT2D eigenvalue weighted by Gasteiger charge is -2.34. The topological polar surface area (TPSA) is 62.3 Å². The minimum absolute atomic E-state index is 0.319. The molecule has 0 bridgehead atoms. The van der Waals surface area contributed by atoms with Crippen LogP contribution in [-0.2, 0) is 9.59 Å². The highest BCUT2D eigenvalue weighted by Crippen LogP contribution is 2.38. The number of piperazine rings is 1. The Labute approximate surface area is 182 Å². The van der Waals surface area contributed by atoms with Gasteiger partial charge in [0.2, 0.25) is 0 Å². The zero-order valence-electron chi connectivity index (χ0n) is 18.3. The highest BCUT2D eigenvalue weighted by molar-refractivity contribution is 6.45. The van der Waals surface area contributed by atoms with E-state index in [1.165, 1.54) is 19.1 Å². The standard InChI is InChI=1S/C24H27N3O4/c1-16-5-7-17(8-6-16)21-22(26-11-9-25(2)10-12-26)24(29)27(23(21)28)18-13-19(30-3)15-20(14-18)31-4/h5-8,13-15H,9-12H2,1-4H3. The lowest BCUT2D eigenvalue weighted by Crippen LogP contribution is -2.46. The summed E-state index contributed by atoms with van der Waals surface area (Å²) in [6, 6.07) is 12.8. The summed E-state index contributed by atoms with van der Waals surface area (Å²) in [6.07, 6.45) is 0. The Morgan fingerprint density at radius 1 is 0.806 bits per heavy atom. The molecule has 0 radical (unpaired) electrons. The van der Waals surface area contributed by atoms with Gasteiger partial charge in [-0.2, -0.15) is 0 Å². The number of rotatable bonds is 5. The van der Waals surface area contributed by atoms with Gasteiger partial charge in [0.05, 0.1) is 25.5 Å². The molecule has 7 nitrogen and oxygen atoms in total. The molecule has 0 N–H and O–H groups in total. The summed E-state index contributed by atoms with van der Waals surface area (Å²) in [5.74, 6) is 0.373. The molecule has 2 aromatic carbocycles. The number of hydrogen-bond acceptors (Lipinski definition) is 6. The van der Waals surface area contributed by atoms with E-state index in [1.54, 1.807) is 18.2 Å². The van der Waals surface area contributed by atoms with E-state index in [-0.39, 0.29) is 11.8 Å². The maximum absolute atomic E-state index is 13.7. The van der Waals surface area contributed by atoms with Crippen LogP contribution in [0.3, 0.4) is 0 Å². The van der Waals surface area contributed by atoms with Crippen LogP contribution in [0.5, 0.6) is 11.5 Å². The van der Waals surface area contributed by atoms with Crippen molar-refractivity contribution < 1.29 is 19.1 Å².